The number of H-pyrrole nitrogens is 1. The van der Waals surface area contributed by atoms with Gasteiger partial charge in [0.15, 0.2) is 0 Å². The first kappa shape index (κ1) is 18.6. The van der Waals surface area contributed by atoms with E-state index in [1.807, 2.05) is 6.07 Å². The Labute approximate surface area is 151 Å². The number of carbonyl (C=O) groups is 1. The molecule has 2 N–H and O–H groups in total. The van der Waals surface area contributed by atoms with Crippen LogP contribution in [-0.4, -0.2) is 32.0 Å². The van der Waals surface area contributed by atoms with Crippen LogP contribution in [0.5, 0.6) is 0 Å². The highest BCUT2D eigenvalue weighted by Gasteiger charge is 2.34. The van der Waals surface area contributed by atoms with Crippen LogP contribution in [0.2, 0.25) is 0 Å². The first-order chi connectivity index (χ1) is 12.3. The number of esters is 1. The third-order valence-corrected chi connectivity index (χ3v) is 6.00. The molecule has 0 amide bonds. The summed E-state index contributed by atoms with van der Waals surface area (Å²) >= 11 is 0. The first-order valence-electron chi connectivity index (χ1n) is 8.44. The first-order valence-corrected chi connectivity index (χ1v) is 9.93. The lowest BCUT2D eigenvalue weighted by Gasteiger charge is -2.35. The number of hydrogen-bond donors (Lipinski definition) is 2. The SMILES string of the molecule is CCOC(=O)c1cc(S(=O)(=O)NC2CC(c3cccc(F)c3)C2)[nH]c1C. The molecule has 26 heavy (non-hydrogen) atoms. The highest BCUT2D eigenvalue weighted by Crippen LogP contribution is 2.37. The molecule has 0 radical (unpaired) electrons. The lowest BCUT2D eigenvalue weighted by Crippen LogP contribution is -2.43. The number of aromatic amines is 1. The van der Waals surface area contributed by atoms with E-state index >= 15 is 0 Å². The smallest absolute Gasteiger partial charge is 0.339 e. The fourth-order valence-corrected chi connectivity index (χ4v) is 4.44. The van der Waals surface area contributed by atoms with Gasteiger partial charge in [-0.15, -0.1) is 0 Å². The largest absolute Gasteiger partial charge is 0.462 e. The molecule has 0 saturated heterocycles. The maximum absolute atomic E-state index is 13.3. The predicted octanol–water partition coefficient (Wildman–Crippen LogP) is 2.86. The second-order valence-corrected chi connectivity index (χ2v) is 8.12. The fraction of sp³-hybridized carbons (Fsp3) is 0.389. The van der Waals surface area contributed by atoms with Gasteiger partial charge >= 0.3 is 5.97 Å². The number of aryl methyl sites for hydroxylation is 1. The number of benzene rings is 1. The number of nitrogens with one attached hydrogen (secondary N) is 2. The summed E-state index contributed by atoms with van der Waals surface area (Å²) in [6.07, 6.45) is 1.21. The van der Waals surface area contributed by atoms with Crippen molar-refractivity contribution in [2.24, 2.45) is 0 Å². The van der Waals surface area contributed by atoms with E-state index in [9.17, 15) is 17.6 Å². The molecule has 0 bridgehead atoms. The van der Waals surface area contributed by atoms with E-state index in [4.69, 9.17) is 4.74 Å². The van der Waals surface area contributed by atoms with Crippen LogP contribution in [0.15, 0.2) is 35.4 Å². The number of hydrogen-bond acceptors (Lipinski definition) is 4. The van der Waals surface area contributed by atoms with Gasteiger partial charge in [-0.05, 0) is 56.4 Å². The van der Waals surface area contributed by atoms with Gasteiger partial charge in [0, 0.05) is 11.7 Å². The summed E-state index contributed by atoms with van der Waals surface area (Å²) in [6, 6.07) is 7.44. The van der Waals surface area contributed by atoms with Gasteiger partial charge in [0.05, 0.1) is 12.2 Å². The molecule has 1 aromatic carbocycles. The third kappa shape index (κ3) is 3.81. The van der Waals surface area contributed by atoms with Gasteiger partial charge in [0.2, 0.25) is 0 Å². The van der Waals surface area contributed by atoms with Crippen molar-refractivity contribution in [3.8, 4) is 0 Å². The van der Waals surface area contributed by atoms with Crippen molar-refractivity contribution < 1.29 is 22.3 Å². The molecule has 1 aromatic heterocycles. The molecular weight excluding hydrogens is 359 g/mol. The molecule has 1 aliphatic rings. The van der Waals surface area contributed by atoms with Gasteiger partial charge in [-0.25, -0.2) is 22.3 Å². The highest BCUT2D eigenvalue weighted by molar-refractivity contribution is 7.89. The van der Waals surface area contributed by atoms with E-state index < -0.39 is 16.0 Å². The molecule has 0 spiro atoms. The monoisotopic (exact) mass is 380 g/mol. The predicted molar refractivity (Wildman–Crippen MR) is 94.0 cm³/mol. The summed E-state index contributed by atoms with van der Waals surface area (Å²) in [6.45, 7) is 3.52. The van der Waals surface area contributed by atoms with Gasteiger partial charge in [0.25, 0.3) is 10.0 Å². The molecule has 140 valence electrons. The van der Waals surface area contributed by atoms with E-state index in [2.05, 4.69) is 9.71 Å². The molecule has 0 atom stereocenters. The van der Waals surface area contributed by atoms with Crippen LogP contribution in [0.3, 0.4) is 0 Å². The fourth-order valence-electron chi connectivity index (χ4n) is 3.12. The summed E-state index contributed by atoms with van der Waals surface area (Å²) in [5, 5.41) is -0.0627. The standard InChI is InChI=1S/C18H21FN2O4S/c1-3-25-18(22)16-10-17(20-11(16)2)26(23,24)21-15-8-13(9-15)12-5-4-6-14(19)7-12/h4-7,10,13,15,20-21H,3,8-9H2,1-2H3. The van der Waals surface area contributed by atoms with Crippen LogP contribution >= 0.6 is 0 Å². The van der Waals surface area contributed by atoms with Crippen molar-refractivity contribution in [3.05, 3.63) is 53.0 Å². The van der Waals surface area contributed by atoms with Crippen molar-refractivity contribution in [2.75, 3.05) is 6.61 Å². The van der Waals surface area contributed by atoms with Gasteiger partial charge in [-0.2, -0.15) is 0 Å². The van der Waals surface area contributed by atoms with E-state index in [0.717, 1.165) is 5.56 Å². The second kappa shape index (κ2) is 7.20. The minimum atomic E-state index is -3.77. The van der Waals surface area contributed by atoms with Gasteiger partial charge in [-0.1, -0.05) is 12.1 Å². The Hall–Kier alpha value is -2.19. The van der Waals surface area contributed by atoms with Crippen LogP contribution < -0.4 is 4.72 Å². The van der Waals surface area contributed by atoms with Crippen LogP contribution in [0.4, 0.5) is 4.39 Å². The van der Waals surface area contributed by atoms with Crippen molar-refractivity contribution in [3.63, 3.8) is 0 Å². The Kier molecular flexibility index (Phi) is 5.15. The van der Waals surface area contributed by atoms with Crippen molar-refractivity contribution >= 4 is 16.0 Å². The molecular formula is C18H21FN2O4S. The minimum absolute atomic E-state index is 0.0627. The molecule has 1 saturated carbocycles. The number of halogens is 1. The molecule has 2 aromatic rings. The maximum Gasteiger partial charge on any atom is 0.339 e. The van der Waals surface area contributed by atoms with Gasteiger partial charge in [-0.3, -0.25) is 0 Å². The molecule has 1 aliphatic carbocycles. The molecule has 3 rings (SSSR count). The molecule has 0 aliphatic heterocycles. The van der Waals surface area contributed by atoms with Crippen molar-refractivity contribution in [2.45, 2.75) is 43.7 Å². The average molecular weight is 380 g/mol. The Morgan fingerprint density at radius 3 is 2.73 bits per heavy atom. The quantitative estimate of drug-likeness (QED) is 0.755. The minimum Gasteiger partial charge on any atom is -0.462 e. The number of carbonyl (C=O) groups excluding carboxylic acids is 1. The summed E-state index contributed by atoms with van der Waals surface area (Å²) in [4.78, 5) is 14.6. The Bertz CT molecular complexity index is 917. The number of rotatable bonds is 6. The lowest BCUT2D eigenvalue weighted by molar-refractivity contribution is 0.0525. The number of aromatic nitrogens is 1. The maximum atomic E-state index is 13.3. The van der Waals surface area contributed by atoms with Crippen LogP contribution in [0, 0.1) is 12.7 Å². The van der Waals surface area contributed by atoms with Gasteiger partial charge < -0.3 is 9.72 Å². The zero-order valence-electron chi connectivity index (χ0n) is 14.6. The lowest BCUT2D eigenvalue weighted by atomic mass is 9.76. The van der Waals surface area contributed by atoms with E-state index in [1.165, 1.54) is 18.2 Å². The molecule has 1 heterocycles. The summed E-state index contributed by atoms with van der Waals surface area (Å²) in [5.41, 5.74) is 1.52. The zero-order chi connectivity index (χ0) is 18.9. The third-order valence-electron chi connectivity index (χ3n) is 4.55. The van der Waals surface area contributed by atoms with Crippen LogP contribution in [0.25, 0.3) is 0 Å². The van der Waals surface area contributed by atoms with Gasteiger partial charge in [0.1, 0.15) is 10.8 Å². The molecule has 0 unspecified atom stereocenters. The normalized spacial score (nSPS) is 19.8. The number of sulfonamides is 1. The summed E-state index contributed by atoms with van der Waals surface area (Å²) < 4.78 is 45.9. The molecule has 6 nitrogen and oxygen atoms in total. The summed E-state index contributed by atoms with van der Waals surface area (Å²) in [7, 11) is -3.77. The summed E-state index contributed by atoms with van der Waals surface area (Å²) in [5.74, 6) is -0.712. The zero-order valence-corrected chi connectivity index (χ0v) is 15.4. The van der Waals surface area contributed by atoms with E-state index in [1.54, 1.807) is 19.9 Å². The van der Waals surface area contributed by atoms with Crippen molar-refractivity contribution in [1.29, 1.82) is 0 Å². The van der Waals surface area contributed by atoms with E-state index in [0.29, 0.717) is 18.5 Å². The second-order valence-electron chi connectivity index (χ2n) is 6.43. The topological polar surface area (TPSA) is 88.3 Å². The number of ether oxygens (including phenoxy) is 1. The van der Waals surface area contributed by atoms with E-state index in [-0.39, 0.29) is 35.0 Å². The molecule has 1 fully saturated rings. The van der Waals surface area contributed by atoms with Crippen molar-refractivity contribution in [1.82, 2.24) is 9.71 Å². The molecule has 8 heteroatoms. The van der Waals surface area contributed by atoms with Crippen LogP contribution in [-0.2, 0) is 14.8 Å². The highest BCUT2D eigenvalue weighted by atomic mass is 32.2. The van der Waals surface area contributed by atoms with Crippen LogP contribution in [0.1, 0.15) is 47.3 Å². The average Bonchev–Trinajstić information content (AvgIpc) is 2.93. The Morgan fingerprint density at radius 1 is 1.35 bits per heavy atom. The Morgan fingerprint density at radius 2 is 2.08 bits per heavy atom. The Balaban J connectivity index is 1.65.